The lowest BCUT2D eigenvalue weighted by Crippen LogP contribution is -2.31. The van der Waals surface area contributed by atoms with Gasteiger partial charge in [-0.3, -0.25) is 10.1 Å². The largest absolute Gasteiger partial charge is 0.402 e. The zero-order chi connectivity index (χ0) is 21.7. The van der Waals surface area contributed by atoms with Gasteiger partial charge < -0.3 is 4.42 Å². The van der Waals surface area contributed by atoms with E-state index in [-0.39, 0.29) is 22.4 Å². The summed E-state index contributed by atoms with van der Waals surface area (Å²) in [7, 11) is -3.60. The van der Waals surface area contributed by atoms with Crippen LogP contribution in [0.4, 0.5) is 6.01 Å². The Morgan fingerprint density at radius 3 is 2.50 bits per heavy atom. The van der Waals surface area contributed by atoms with Crippen molar-refractivity contribution < 1.29 is 17.6 Å². The molecule has 0 atom stereocenters. The van der Waals surface area contributed by atoms with Crippen LogP contribution in [0.1, 0.15) is 37.0 Å². The fraction of sp³-hybridized carbons (Fsp3) is 0.316. The molecule has 1 N–H and O–H groups in total. The first kappa shape index (κ1) is 22.4. The van der Waals surface area contributed by atoms with Crippen molar-refractivity contribution in [3.8, 4) is 10.8 Å². The van der Waals surface area contributed by atoms with Gasteiger partial charge in [-0.05, 0) is 42.8 Å². The highest BCUT2D eigenvalue weighted by molar-refractivity contribution is 7.89. The van der Waals surface area contributed by atoms with Crippen molar-refractivity contribution in [2.24, 2.45) is 0 Å². The Balaban J connectivity index is 1.70. The Morgan fingerprint density at radius 1 is 1.17 bits per heavy atom. The third kappa shape index (κ3) is 5.07. The molecule has 0 bridgehead atoms. The zero-order valence-electron chi connectivity index (χ0n) is 16.5. The molecule has 0 aliphatic heterocycles. The van der Waals surface area contributed by atoms with Crippen LogP contribution >= 0.6 is 22.9 Å². The molecule has 0 aliphatic carbocycles. The molecule has 2 aromatic heterocycles. The van der Waals surface area contributed by atoms with E-state index in [2.05, 4.69) is 15.5 Å². The molecule has 11 heteroatoms. The van der Waals surface area contributed by atoms with Gasteiger partial charge in [0.15, 0.2) is 0 Å². The van der Waals surface area contributed by atoms with Gasteiger partial charge >= 0.3 is 6.01 Å². The van der Waals surface area contributed by atoms with E-state index in [4.69, 9.17) is 16.0 Å². The monoisotopic (exact) mass is 468 g/mol. The minimum atomic E-state index is -3.60. The number of aromatic nitrogens is 2. The van der Waals surface area contributed by atoms with Gasteiger partial charge in [0, 0.05) is 18.7 Å². The Kier molecular flexibility index (Phi) is 7.24. The van der Waals surface area contributed by atoms with Gasteiger partial charge in [0.1, 0.15) is 0 Å². The van der Waals surface area contributed by atoms with E-state index in [1.54, 1.807) is 19.1 Å². The molecule has 0 saturated heterocycles. The van der Waals surface area contributed by atoms with Crippen molar-refractivity contribution in [2.75, 3.05) is 18.4 Å². The van der Waals surface area contributed by atoms with Crippen LogP contribution in [0, 0.1) is 0 Å². The molecule has 1 aromatic carbocycles. The fourth-order valence-electron chi connectivity index (χ4n) is 2.68. The molecule has 30 heavy (non-hydrogen) atoms. The molecule has 0 radical (unpaired) electrons. The highest BCUT2D eigenvalue weighted by Gasteiger charge is 2.23. The van der Waals surface area contributed by atoms with Crippen molar-refractivity contribution in [2.45, 2.75) is 31.6 Å². The number of anilines is 1. The molecule has 0 spiro atoms. The third-order valence-corrected chi connectivity index (χ3v) is 7.51. The fourth-order valence-corrected chi connectivity index (χ4v) is 5.13. The lowest BCUT2D eigenvalue weighted by Gasteiger charge is -2.20. The number of nitrogens with zero attached hydrogens (tertiary/aromatic N) is 3. The predicted molar refractivity (Wildman–Crippen MR) is 116 cm³/mol. The highest BCUT2D eigenvalue weighted by Crippen LogP contribution is 2.30. The molecule has 0 fully saturated rings. The normalized spacial score (nSPS) is 11.7. The summed E-state index contributed by atoms with van der Waals surface area (Å²) in [6.45, 7) is 4.67. The van der Waals surface area contributed by atoms with Crippen molar-refractivity contribution in [1.82, 2.24) is 14.5 Å². The average Bonchev–Trinajstić information content (AvgIpc) is 3.37. The predicted octanol–water partition coefficient (Wildman–Crippen LogP) is 4.51. The number of unbranched alkanes of at least 4 members (excludes halogenated alkanes) is 1. The van der Waals surface area contributed by atoms with Gasteiger partial charge in [0.2, 0.25) is 10.0 Å². The number of thiophene rings is 1. The summed E-state index contributed by atoms with van der Waals surface area (Å²) in [5, 5.41) is 10.2. The van der Waals surface area contributed by atoms with E-state index in [9.17, 15) is 13.2 Å². The van der Waals surface area contributed by atoms with E-state index in [1.807, 2.05) is 6.92 Å². The molecule has 160 valence electrons. The number of rotatable bonds is 9. The molecule has 3 rings (SSSR count). The molecule has 1 amide bonds. The molecule has 0 aliphatic rings. The maximum Gasteiger partial charge on any atom is 0.322 e. The van der Waals surface area contributed by atoms with Crippen LogP contribution in [-0.4, -0.2) is 41.9 Å². The standard InChI is InChI=1S/C19H21ClN4O4S2/c1-3-5-12-24(4-2)30(26,27)14-8-6-13(7-9-14)17(25)21-19-23-22-18(28-19)15-10-11-16(20)29-15/h6-11H,3-5,12H2,1-2H3,(H,21,23,25). The summed E-state index contributed by atoms with van der Waals surface area (Å²) in [5.74, 6) is -0.243. The first-order chi connectivity index (χ1) is 14.3. The van der Waals surface area contributed by atoms with Gasteiger partial charge in [-0.2, -0.15) is 4.31 Å². The van der Waals surface area contributed by atoms with Gasteiger partial charge in [0.25, 0.3) is 11.8 Å². The number of carbonyl (C=O) groups is 1. The summed E-state index contributed by atoms with van der Waals surface area (Å²) < 4.78 is 33.0. The third-order valence-electron chi connectivity index (χ3n) is 4.30. The molecule has 0 unspecified atom stereocenters. The lowest BCUT2D eigenvalue weighted by molar-refractivity contribution is 0.102. The van der Waals surface area contributed by atoms with Gasteiger partial charge in [0.05, 0.1) is 14.1 Å². The van der Waals surface area contributed by atoms with E-state index in [1.165, 1.54) is 39.9 Å². The number of hydrogen-bond donors (Lipinski definition) is 1. The molecular weight excluding hydrogens is 448 g/mol. The number of benzene rings is 1. The van der Waals surface area contributed by atoms with Crippen LogP contribution in [-0.2, 0) is 10.0 Å². The molecule has 2 heterocycles. The van der Waals surface area contributed by atoms with Crippen LogP contribution in [0.15, 0.2) is 45.7 Å². The minimum Gasteiger partial charge on any atom is -0.402 e. The van der Waals surface area contributed by atoms with Crippen LogP contribution in [0.3, 0.4) is 0 Å². The maximum absolute atomic E-state index is 12.8. The summed E-state index contributed by atoms with van der Waals surface area (Å²) in [4.78, 5) is 13.3. The van der Waals surface area contributed by atoms with Crippen LogP contribution in [0.2, 0.25) is 4.34 Å². The molecular formula is C19H21ClN4O4S2. The van der Waals surface area contributed by atoms with E-state index < -0.39 is 15.9 Å². The van der Waals surface area contributed by atoms with Gasteiger partial charge in [-0.15, -0.1) is 16.4 Å². The summed E-state index contributed by atoms with van der Waals surface area (Å²) >= 11 is 7.17. The molecule has 8 nitrogen and oxygen atoms in total. The Morgan fingerprint density at radius 2 is 1.90 bits per heavy atom. The highest BCUT2D eigenvalue weighted by atomic mass is 35.5. The summed E-state index contributed by atoms with van der Waals surface area (Å²) in [6.07, 6.45) is 1.69. The van der Waals surface area contributed by atoms with Crippen molar-refractivity contribution >= 4 is 44.9 Å². The quantitative estimate of drug-likeness (QED) is 0.495. The van der Waals surface area contributed by atoms with Crippen molar-refractivity contribution in [3.05, 3.63) is 46.3 Å². The SMILES string of the molecule is CCCCN(CC)S(=O)(=O)c1ccc(C(=O)Nc2nnc(-c3ccc(Cl)s3)o2)cc1. The van der Waals surface area contributed by atoms with E-state index in [0.29, 0.717) is 22.3 Å². The second-order valence-corrected chi connectivity index (χ2v) is 10.00. The van der Waals surface area contributed by atoms with Gasteiger partial charge in [-0.1, -0.05) is 37.0 Å². The number of hydrogen-bond acceptors (Lipinski definition) is 7. The van der Waals surface area contributed by atoms with E-state index >= 15 is 0 Å². The van der Waals surface area contributed by atoms with Crippen LogP contribution in [0.25, 0.3) is 10.8 Å². The van der Waals surface area contributed by atoms with E-state index in [0.717, 1.165) is 12.8 Å². The minimum absolute atomic E-state index is 0.0621. The Hall–Kier alpha value is -2.27. The molecule has 0 saturated carbocycles. The Labute approximate surface area is 183 Å². The second kappa shape index (κ2) is 9.69. The number of sulfonamides is 1. The first-order valence-electron chi connectivity index (χ1n) is 9.36. The number of nitrogens with one attached hydrogen (secondary N) is 1. The molecule has 3 aromatic rings. The first-order valence-corrected chi connectivity index (χ1v) is 12.0. The summed E-state index contributed by atoms with van der Waals surface area (Å²) in [6, 6.07) is 9.14. The number of amides is 1. The average molecular weight is 469 g/mol. The second-order valence-electron chi connectivity index (χ2n) is 6.34. The maximum atomic E-state index is 12.8. The van der Waals surface area contributed by atoms with Crippen molar-refractivity contribution in [1.29, 1.82) is 0 Å². The van der Waals surface area contributed by atoms with Gasteiger partial charge in [-0.25, -0.2) is 8.42 Å². The summed E-state index contributed by atoms with van der Waals surface area (Å²) in [5.41, 5.74) is 0.268. The smallest absolute Gasteiger partial charge is 0.322 e. The van der Waals surface area contributed by atoms with Crippen molar-refractivity contribution in [3.63, 3.8) is 0 Å². The Bertz CT molecular complexity index is 1110. The number of carbonyl (C=O) groups excluding carboxylic acids is 1. The zero-order valence-corrected chi connectivity index (χ0v) is 18.9. The van der Waals surface area contributed by atoms with Crippen LogP contribution in [0.5, 0.6) is 0 Å². The van der Waals surface area contributed by atoms with Crippen LogP contribution < -0.4 is 5.32 Å². The lowest BCUT2D eigenvalue weighted by atomic mass is 10.2. The topological polar surface area (TPSA) is 105 Å². The number of halogens is 1.